The van der Waals surface area contributed by atoms with E-state index in [1.54, 1.807) is 26.0 Å². The molecule has 0 spiro atoms. The molecule has 13 nitrogen and oxygen atoms in total. The molecule has 0 bridgehead atoms. The molecule has 2 aromatic rings. The van der Waals surface area contributed by atoms with Gasteiger partial charge in [0.05, 0.1) is 12.4 Å². The molecule has 0 aliphatic rings. The number of unbranched alkanes of at least 4 members (excludes halogenated alkanes) is 1. The van der Waals surface area contributed by atoms with Crippen LogP contribution in [0.15, 0.2) is 36.8 Å². The number of hydrogen-bond acceptors (Lipinski definition) is 8. The van der Waals surface area contributed by atoms with Gasteiger partial charge < -0.3 is 42.6 Å². The lowest BCUT2D eigenvalue weighted by atomic mass is 10.0. The molecule has 214 valence electrons. The van der Waals surface area contributed by atoms with Gasteiger partial charge in [-0.2, -0.15) is 0 Å². The number of hydrogen-bond donors (Lipinski definition) is 8. The first kappa shape index (κ1) is 31.2. The number of benzene rings is 1. The van der Waals surface area contributed by atoms with Crippen LogP contribution in [-0.2, 0) is 32.0 Å². The highest BCUT2D eigenvalue weighted by Crippen LogP contribution is 2.13. The number of aromatic amines is 1. The second-order valence-corrected chi connectivity index (χ2v) is 9.73. The number of nitrogens with two attached hydrogens (primary N) is 2. The highest BCUT2D eigenvalue weighted by atomic mass is 16.4. The zero-order valence-electron chi connectivity index (χ0n) is 22.2. The fraction of sp³-hybridized carbons (Fsp3) is 0.500. The number of nitrogens with zero attached hydrogens (tertiary/aromatic N) is 1. The van der Waals surface area contributed by atoms with E-state index in [1.807, 2.05) is 0 Å². The van der Waals surface area contributed by atoms with Crippen molar-refractivity contribution in [1.29, 1.82) is 0 Å². The number of imidazole rings is 1. The number of carbonyl (C=O) groups is 4. The molecule has 0 aliphatic heterocycles. The molecule has 4 atom stereocenters. The average molecular weight is 546 g/mol. The van der Waals surface area contributed by atoms with Crippen LogP contribution in [-0.4, -0.2) is 74.6 Å². The molecule has 1 heterocycles. The smallest absolute Gasteiger partial charge is 0.326 e. The minimum absolute atomic E-state index is 0.00320. The summed E-state index contributed by atoms with van der Waals surface area (Å²) >= 11 is 0. The minimum atomic E-state index is -1.21. The van der Waals surface area contributed by atoms with Crippen molar-refractivity contribution >= 4 is 23.7 Å². The van der Waals surface area contributed by atoms with Crippen LogP contribution in [0.4, 0.5) is 0 Å². The fourth-order valence-corrected chi connectivity index (χ4v) is 3.77. The van der Waals surface area contributed by atoms with E-state index < -0.39 is 47.9 Å². The predicted molar refractivity (Wildman–Crippen MR) is 143 cm³/mol. The number of aromatic hydroxyl groups is 1. The number of rotatable bonds is 16. The van der Waals surface area contributed by atoms with Crippen molar-refractivity contribution < 1.29 is 29.4 Å². The molecule has 0 saturated carbocycles. The van der Waals surface area contributed by atoms with Crippen molar-refractivity contribution in [3.63, 3.8) is 0 Å². The van der Waals surface area contributed by atoms with E-state index in [0.717, 1.165) is 0 Å². The topological polar surface area (TPSA) is 226 Å². The van der Waals surface area contributed by atoms with E-state index in [0.29, 0.717) is 30.6 Å². The summed E-state index contributed by atoms with van der Waals surface area (Å²) in [5.41, 5.74) is 12.6. The van der Waals surface area contributed by atoms with Crippen molar-refractivity contribution in [3.8, 4) is 5.75 Å². The lowest BCUT2D eigenvalue weighted by molar-refractivity contribution is -0.142. The van der Waals surface area contributed by atoms with Crippen molar-refractivity contribution in [3.05, 3.63) is 48.0 Å². The summed E-state index contributed by atoms with van der Waals surface area (Å²) in [5.74, 6) is -3.26. The maximum absolute atomic E-state index is 13.4. The zero-order chi connectivity index (χ0) is 28.9. The molecular weight excluding hydrogens is 506 g/mol. The number of phenolic OH excluding ortho intramolecular Hbond substituents is 1. The first-order valence-corrected chi connectivity index (χ1v) is 12.9. The highest BCUT2D eigenvalue weighted by Gasteiger charge is 2.31. The summed E-state index contributed by atoms with van der Waals surface area (Å²) in [7, 11) is 0. The molecule has 13 heteroatoms. The molecule has 0 radical (unpaired) electrons. The summed E-state index contributed by atoms with van der Waals surface area (Å²) in [4.78, 5) is 58.0. The van der Waals surface area contributed by atoms with E-state index in [-0.39, 0.29) is 30.9 Å². The molecule has 39 heavy (non-hydrogen) atoms. The molecule has 2 rings (SSSR count). The molecule has 10 N–H and O–H groups in total. The second kappa shape index (κ2) is 15.4. The summed E-state index contributed by atoms with van der Waals surface area (Å²) < 4.78 is 0. The minimum Gasteiger partial charge on any atom is -0.508 e. The van der Waals surface area contributed by atoms with E-state index in [9.17, 15) is 29.4 Å². The Balaban J connectivity index is 2.28. The number of nitrogens with one attached hydrogen (secondary N) is 4. The molecule has 1 aromatic carbocycles. The number of amides is 3. The summed E-state index contributed by atoms with van der Waals surface area (Å²) in [6, 6.07) is 1.74. The van der Waals surface area contributed by atoms with Crippen molar-refractivity contribution in [1.82, 2.24) is 25.9 Å². The molecule has 1 aromatic heterocycles. The SMILES string of the molecule is CC(C)C(N)C(=O)NC(Cc1cnc[nH]1)C(=O)NC(Cc1ccc(O)cc1)C(=O)NC(CCCCN)C(=O)O. The van der Waals surface area contributed by atoms with E-state index >= 15 is 0 Å². The molecule has 0 aliphatic carbocycles. The van der Waals surface area contributed by atoms with Crippen molar-refractivity contribution in [2.24, 2.45) is 17.4 Å². The van der Waals surface area contributed by atoms with Gasteiger partial charge in [-0.25, -0.2) is 9.78 Å². The van der Waals surface area contributed by atoms with Gasteiger partial charge in [-0.1, -0.05) is 26.0 Å². The van der Waals surface area contributed by atoms with Gasteiger partial charge in [-0.05, 0) is 49.4 Å². The third-order valence-corrected chi connectivity index (χ3v) is 6.20. The van der Waals surface area contributed by atoms with Crippen LogP contribution in [0.5, 0.6) is 5.75 Å². The van der Waals surface area contributed by atoms with Crippen molar-refractivity contribution in [2.45, 2.75) is 70.1 Å². The van der Waals surface area contributed by atoms with Crippen LogP contribution in [0.1, 0.15) is 44.4 Å². The number of H-pyrrole nitrogens is 1. The van der Waals surface area contributed by atoms with Crippen LogP contribution in [0.2, 0.25) is 0 Å². The molecular formula is C26H39N7O6. The van der Waals surface area contributed by atoms with Crippen molar-refractivity contribution in [2.75, 3.05) is 6.54 Å². The Bertz CT molecular complexity index is 1070. The quantitative estimate of drug-likeness (QED) is 0.128. The molecule has 0 fully saturated rings. The number of carboxylic acids is 1. The third-order valence-electron chi connectivity index (χ3n) is 6.20. The maximum Gasteiger partial charge on any atom is 0.326 e. The van der Waals surface area contributed by atoms with Gasteiger partial charge in [0.15, 0.2) is 0 Å². The normalized spacial score (nSPS) is 14.2. The monoisotopic (exact) mass is 545 g/mol. The number of phenols is 1. The number of carboxylic acid groups (broad SMARTS) is 1. The Labute approximate surface area is 227 Å². The largest absolute Gasteiger partial charge is 0.508 e. The van der Waals surface area contributed by atoms with E-state index in [4.69, 9.17) is 11.5 Å². The third kappa shape index (κ3) is 10.4. The van der Waals surface area contributed by atoms with Gasteiger partial charge in [0, 0.05) is 24.7 Å². The highest BCUT2D eigenvalue weighted by molar-refractivity contribution is 5.94. The summed E-state index contributed by atoms with van der Waals surface area (Å²) in [6.45, 7) is 3.95. The van der Waals surface area contributed by atoms with E-state index in [2.05, 4.69) is 25.9 Å². The van der Waals surface area contributed by atoms with Gasteiger partial charge in [-0.15, -0.1) is 0 Å². The Morgan fingerprint density at radius 3 is 2.05 bits per heavy atom. The lowest BCUT2D eigenvalue weighted by Gasteiger charge is -2.26. The standard InChI is InChI=1S/C26H39N7O6/c1-15(2)22(28)25(37)33-21(12-17-13-29-14-30-17)24(36)32-20(11-16-6-8-18(34)9-7-16)23(35)31-19(26(38)39)5-3-4-10-27/h6-9,13-15,19-22,34H,3-5,10-12,27-28H2,1-2H3,(H,29,30)(H,31,35)(H,32,36)(H,33,37)(H,38,39). The summed E-state index contributed by atoms with van der Waals surface area (Å²) in [5, 5.41) is 27.0. The fourth-order valence-electron chi connectivity index (χ4n) is 3.77. The van der Waals surface area contributed by atoms with Gasteiger partial charge >= 0.3 is 5.97 Å². The van der Waals surface area contributed by atoms with Gasteiger partial charge in [0.2, 0.25) is 17.7 Å². The number of aromatic nitrogens is 2. The first-order chi connectivity index (χ1) is 18.5. The zero-order valence-corrected chi connectivity index (χ0v) is 22.2. The van der Waals surface area contributed by atoms with Crippen LogP contribution in [0, 0.1) is 5.92 Å². The van der Waals surface area contributed by atoms with Gasteiger partial charge in [0.1, 0.15) is 23.9 Å². The van der Waals surface area contributed by atoms with Crippen LogP contribution in [0.25, 0.3) is 0 Å². The van der Waals surface area contributed by atoms with Crippen LogP contribution >= 0.6 is 0 Å². The lowest BCUT2D eigenvalue weighted by Crippen LogP contribution is -2.58. The van der Waals surface area contributed by atoms with Crippen LogP contribution in [0.3, 0.4) is 0 Å². The molecule has 4 unspecified atom stereocenters. The Kier molecular flexibility index (Phi) is 12.4. The first-order valence-electron chi connectivity index (χ1n) is 12.9. The predicted octanol–water partition coefficient (Wildman–Crippen LogP) is -0.448. The second-order valence-electron chi connectivity index (χ2n) is 9.73. The van der Waals surface area contributed by atoms with Crippen LogP contribution < -0.4 is 27.4 Å². The summed E-state index contributed by atoms with van der Waals surface area (Å²) in [6.07, 6.45) is 4.26. The molecule has 3 amide bonds. The Morgan fingerprint density at radius 2 is 1.51 bits per heavy atom. The average Bonchev–Trinajstić information content (AvgIpc) is 3.41. The van der Waals surface area contributed by atoms with Gasteiger partial charge in [0.25, 0.3) is 0 Å². The Morgan fingerprint density at radius 1 is 0.923 bits per heavy atom. The number of carbonyl (C=O) groups excluding carboxylic acids is 3. The van der Waals surface area contributed by atoms with Gasteiger partial charge in [-0.3, -0.25) is 14.4 Å². The van der Waals surface area contributed by atoms with E-state index in [1.165, 1.54) is 24.7 Å². The molecule has 0 saturated heterocycles. The Hall–Kier alpha value is -3.97. The maximum atomic E-state index is 13.4. The number of aliphatic carboxylic acids is 1.